The molecule has 0 unspecified atom stereocenters. The van der Waals surface area contributed by atoms with E-state index in [1.807, 2.05) is 13.8 Å². The highest BCUT2D eigenvalue weighted by Crippen LogP contribution is 2.37. The van der Waals surface area contributed by atoms with Gasteiger partial charge in [-0.2, -0.15) is 0 Å². The number of hydrogen-bond donors (Lipinski definition) is 2. The predicted molar refractivity (Wildman–Crippen MR) is 139 cm³/mol. The number of nitrogens with zero attached hydrogens (tertiary/aromatic N) is 3. The fourth-order valence-corrected chi connectivity index (χ4v) is 5.13. The van der Waals surface area contributed by atoms with E-state index in [1.54, 1.807) is 27.7 Å². The molecule has 12 heteroatoms. The third-order valence-corrected chi connectivity index (χ3v) is 7.40. The first-order chi connectivity index (χ1) is 18.0. The molecule has 0 aromatic rings. The summed E-state index contributed by atoms with van der Waals surface area (Å²) in [5.74, 6) is -4.68. The van der Waals surface area contributed by atoms with Gasteiger partial charge in [-0.05, 0) is 18.9 Å². The van der Waals surface area contributed by atoms with Gasteiger partial charge < -0.3 is 15.2 Å². The molecule has 3 aliphatic rings. The molecule has 2 saturated heterocycles. The molecule has 2 fully saturated rings. The van der Waals surface area contributed by atoms with Gasteiger partial charge in [-0.3, -0.25) is 24.0 Å². The molecular weight excluding hydrogens is 508 g/mol. The largest absolute Gasteiger partial charge is 0.478 e. The van der Waals surface area contributed by atoms with Crippen LogP contribution in [0.15, 0.2) is 16.6 Å². The number of ether oxygens (including phenoxy) is 1. The molecule has 0 saturated carbocycles. The average molecular weight is 547 g/mol. The van der Waals surface area contributed by atoms with Crippen molar-refractivity contribution in [2.24, 2.45) is 15.8 Å². The molecule has 0 radical (unpaired) electrons. The normalized spacial score (nSPS) is 26.3. The van der Waals surface area contributed by atoms with Gasteiger partial charge >= 0.3 is 5.97 Å². The van der Waals surface area contributed by atoms with E-state index in [0.29, 0.717) is 12.8 Å². The molecule has 5 amide bonds. The molecule has 1 aliphatic carbocycles. The van der Waals surface area contributed by atoms with Crippen LogP contribution in [0.2, 0.25) is 0 Å². The molecule has 2 aliphatic heterocycles. The Morgan fingerprint density at radius 3 is 1.87 bits per heavy atom. The van der Waals surface area contributed by atoms with Crippen molar-refractivity contribution in [3.05, 3.63) is 11.6 Å². The summed E-state index contributed by atoms with van der Waals surface area (Å²) < 4.78 is 6.18. The minimum absolute atomic E-state index is 0.0422. The molecule has 2 heterocycles. The van der Waals surface area contributed by atoms with Crippen LogP contribution in [0.1, 0.15) is 80.6 Å². The highest BCUT2D eigenvalue weighted by Gasteiger charge is 2.54. The van der Waals surface area contributed by atoms with Gasteiger partial charge in [0, 0.05) is 31.8 Å². The van der Waals surface area contributed by atoms with Gasteiger partial charge in [-0.15, -0.1) is 0 Å². The number of amides is 5. The lowest BCUT2D eigenvalue weighted by Gasteiger charge is -2.37. The highest BCUT2D eigenvalue weighted by atomic mass is 16.5. The summed E-state index contributed by atoms with van der Waals surface area (Å²) in [7, 11) is 0. The second-order valence-electron chi connectivity index (χ2n) is 11.7. The van der Waals surface area contributed by atoms with Crippen LogP contribution in [0.3, 0.4) is 0 Å². The molecular formula is C27H38N4O8. The van der Waals surface area contributed by atoms with Crippen LogP contribution < -0.4 is 5.32 Å². The van der Waals surface area contributed by atoms with Crippen molar-refractivity contribution < 1.29 is 38.6 Å². The lowest BCUT2D eigenvalue weighted by atomic mass is 9.88. The van der Waals surface area contributed by atoms with Gasteiger partial charge in [-0.1, -0.05) is 41.5 Å². The number of carboxylic acid groups (broad SMARTS) is 1. The third-order valence-electron chi connectivity index (χ3n) is 7.40. The zero-order valence-corrected chi connectivity index (χ0v) is 23.6. The first-order valence-electron chi connectivity index (χ1n) is 13.2. The summed E-state index contributed by atoms with van der Waals surface area (Å²) in [5.41, 5.74) is -2.24. The maximum Gasteiger partial charge on any atom is 0.331 e. The fourth-order valence-electron chi connectivity index (χ4n) is 5.13. The zero-order chi connectivity index (χ0) is 29.4. The minimum Gasteiger partial charge on any atom is -0.478 e. The number of guanidine groups is 1. The Bertz CT molecular complexity index is 1100. The van der Waals surface area contributed by atoms with E-state index in [4.69, 9.17) is 4.74 Å². The standard InChI is InChI=1S/C27H38N4O8/c1-8-16(9-2)39-18-11-15(22(35)36)10-17(21(18)28-14(3)32)29-25(30-19(33)12-26(4,5)23(30)37)31-20(34)13-27(6,7)24(31)38/h11,16-18,21H,8-10,12-13H2,1-7H3,(H,28,32)(H,35,36)/t17-,18+,21+/m0/s1. The number of carboxylic acids is 1. The Morgan fingerprint density at radius 1 is 1.03 bits per heavy atom. The highest BCUT2D eigenvalue weighted by molar-refractivity contribution is 6.26. The Labute approximate surface area is 227 Å². The molecule has 214 valence electrons. The topological polar surface area (TPSA) is 163 Å². The van der Waals surface area contributed by atoms with Crippen molar-refractivity contribution in [3.8, 4) is 0 Å². The van der Waals surface area contributed by atoms with Gasteiger partial charge in [0.1, 0.15) is 0 Å². The average Bonchev–Trinajstić information content (AvgIpc) is 3.16. The van der Waals surface area contributed by atoms with Crippen LogP contribution in [-0.2, 0) is 33.5 Å². The van der Waals surface area contributed by atoms with Crippen molar-refractivity contribution in [2.45, 2.75) is 105 Å². The molecule has 12 nitrogen and oxygen atoms in total. The van der Waals surface area contributed by atoms with Crippen LogP contribution in [0, 0.1) is 10.8 Å². The molecule has 39 heavy (non-hydrogen) atoms. The van der Waals surface area contributed by atoms with Gasteiger partial charge in [0.2, 0.25) is 35.5 Å². The smallest absolute Gasteiger partial charge is 0.331 e. The van der Waals surface area contributed by atoms with Crippen LogP contribution in [0.4, 0.5) is 0 Å². The lowest BCUT2D eigenvalue weighted by molar-refractivity contribution is -0.140. The molecule has 0 spiro atoms. The number of rotatable bonds is 7. The predicted octanol–water partition coefficient (Wildman–Crippen LogP) is 1.77. The number of carbonyl (C=O) groups excluding carboxylic acids is 5. The summed E-state index contributed by atoms with van der Waals surface area (Å²) in [6, 6.07) is -1.98. The number of nitrogens with one attached hydrogen (secondary N) is 1. The summed E-state index contributed by atoms with van der Waals surface area (Å²) >= 11 is 0. The second kappa shape index (κ2) is 11.0. The van der Waals surface area contributed by atoms with Crippen LogP contribution in [0.5, 0.6) is 0 Å². The molecule has 3 atom stereocenters. The van der Waals surface area contributed by atoms with E-state index in [2.05, 4.69) is 10.3 Å². The van der Waals surface area contributed by atoms with E-state index in [9.17, 15) is 33.9 Å². The molecule has 2 N–H and O–H groups in total. The lowest BCUT2D eigenvalue weighted by Crippen LogP contribution is -2.56. The van der Waals surface area contributed by atoms with Crippen LogP contribution in [-0.4, -0.2) is 80.7 Å². The van der Waals surface area contributed by atoms with Crippen LogP contribution >= 0.6 is 0 Å². The molecule has 3 rings (SSSR count). The first-order valence-corrected chi connectivity index (χ1v) is 13.2. The van der Waals surface area contributed by atoms with Crippen LogP contribution in [0.25, 0.3) is 0 Å². The number of imide groups is 2. The van der Waals surface area contributed by atoms with E-state index in [0.717, 1.165) is 9.80 Å². The zero-order valence-electron chi connectivity index (χ0n) is 23.6. The molecule has 0 aromatic heterocycles. The van der Waals surface area contributed by atoms with Crippen molar-refractivity contribution >= 4 is 41.5 Å². The third kappa shape index (κ3) is 5.95. The Morgan fingerprint density at radius 2 is 1.51 bits per heavy atom. The number of likely N-dealkylation sites (tertiary alicyclic amines) is 2. The maximum absolute atomic E-state index is 13.3. The van der Waals surface area contributed by atoms with Gasteiger partial charge in [-0.25, -0.2) is 19.6 Å². The van der Waals surface area contributed by atoms with Gasteiger partial charge in [0.15, 0.2) is 0 Å². The monoisotopic (exact) mass is 546 g/mol. The quantitative estimate of drug-likeness (QED) is 0.277. The van der Waals surface area contributed by atoms with E-state index in [-0.39, 0.29) is 30.9 Å². The number of aliphatic imine (C=N–C) groups is 1. The summed E-state index contributed by atoms with van der Waals surface area (Å²) in [4.78, 5) is 83.3. The molecule has 0 bridgehead atoms. The Kier molecular flexibility index (Phi) is 8.49. The second-order valence-corrected chi connectivity index (χ2v) is 11.7. The fraction of sp³-hybridized carbons (Fsp3) is 0.667. The Balaban J connectivity index is 2.21. The Hall–Kier alpha value is -3.41. The summed E-state index contributed by atoms with van der Waals surface area (Å²) in [5, 5.41) is 12.6. The SMILES string of the molecule is CCC(CC)O[C@@H]1C=C(C(=O)O)C[C@H](N=C(N2C(=O)CC(C)(C)C2=O)N2C(=O)CC(C)(C)C2=O)[C@H]1NC(C)=O. The number of carbonyl (C=O) groups is 6. The van der Waals surface area contributed by atoms with Crippen molar-refractivity contribution in [1.29, 1.82) is 0 Å². The summed E-state index contributed by atoms with van der Waals surface area (Å²) in [6.07, 6.45) is 1.01. The van der Waals surface area contributed by atoms with Gasteiger partial charge in [0.05, 0.1) is 35.1 Å². The van der Waals surface area contributed by atoms with E-state index < -0.39 is 70.5 Å². The van der Waals surface area contributed by atoms with Crippen molar-refractivity contribution in [3.63, 3.8) is 0 Å². The summed E-state index contributed by atoms with van der Waals surface area (Å²) in [6.45, 7) is 11.4. The number of aliphatic carboxylic acids is 1. The molecule has 0 aromatic carbocycles. The van der Waals surface area contributed by atoms with E-state index >= 15 is 0 Å². The van der Waals surface area contributed by atoms with Crippen molar-refractivity contribution in [2.75, 3.05) is 0 Å². The minimum atomic E-state index is -1.22. The first kappa shape index (κ1) is 30.1. The number of hydrogen-bond acceptors (Lipinski definition) is 8. The van der Waals surface area contributed by atoms with Crippen molar-refractivity contribution in [1.82, 2.24) is 15.1 Å². The maximum atomic E-state index is 13.3. The van der Waals surface area contributed by atoms with E-state index in [1.165, 1.54) is 13.0 Å². The van der Waals surface area contributed by atoms with Gasteiger partial charge in [0.25, 0.3) is 0 Å².